The van der Waals surface area contributed by atoms with Gasteiger partial charge in [-0.25, -0.2) is 4.57 Å². The first-order valence-corrected chi connectivity index (χ1v) is 22.6. The summed E-state index contributed by atoms with van der Waals surface area (Å²) in [6.45, 7) is 3.65. The lowest BCUT2D eigenvalue weighted by atomic mass is 10.1. The van der Waals surface area contributed by atoms with Crippen LogP contribution in [0.4, 0.5) is 0 Å². The molecule has 0 saturated carbocycles. The fourth-order valence-electron chi connectivity index (χ4n) is 5.57. The zero-order valence-electron chi connectivity index (χ0n) is 33.7. The van der Waals surface area contributed by atoms with E-state index in [-0.39, 0.29) is 32.6 Å². The molecule has 10 heteroatoms. The molecule has 0 aromatic rings. The van der Waals surface area contributed by atoms with Crippen molar-refractivity contribution >= 4 is 19.8 Å². The Morgan fingerprint density at radius 1 is 0.566 bits per heavy atom. The topological polar surface area (TPSA) is 134 Å². The van der Waals surface area contributed by atoms with E-state index in [9.17, 15) is 19.0 Å². The van der Waals surface area contributed by atoms with Crippen LogP contribution in [0, 0.1) is 0 Å². The van der Waals surface area contributed by atoms with E-state index in [0.29, 0.717) is 12.8 Å². The maximum absolute atomic E-state index is 12.5. The van der Waals surface area contributed by atoms with Gasteiger partial charge in [0.05, 0.1) is 13.2 Å². The third-order valence-electron chi connectivity index (χ3n) is 8.72. The van der Waals surface area contributed by atoms with E-state index in [0.717, 1.165) is 44.9 Å². The summed E-state index contributed by atoms with van der Waals surface area (Å²) in [6.07, 6.45) is 44.4. The number of esters is 2. The number of carbonyl (C=O) groups excluding carboxylic acids is 2. The average molecular weight is 768 g/mol. The van der Waals surface area contributed by atoms with E-state index in [1.807, 2.05) is 0 Å². The fraction of sp³-hybridized carbons (Fsp3) is 0.767. The zero-order valence-corrected chi connectivity index (χ0v) is 34.6. The first-order valence-electron chi connectivity index (χ1n) is 21.1. The molecule has 2 atom stereocenters. The third-order valence-corrected chi connectivity index (χ3v) is 9.70. The van der Waals surface area contributed by atoms with Crippen LogP contribution in [0.5, 0.6) is 0 Å². The van der Waals surface area contributed by atoms with E-state index in [1.54, 1.807) is 0 Å². The third kappa shape index (κ3) is 39.5. The molecule has 0 aliphatic rings. The van der Waals surface area contributed by atoms with Gasteiger partial charge in [0, 0.05) is 19.4 Å². The molecule has 1 unspecified atom stereocenters. The lowest BCUT2D eigenvalue weighted by Gasteiger charge is -2.19. The number of hydrogen-bond donors (Lipinski definition) is 2. The minimum absolute atomic E-state index is 0.0457. The van der Waals surface area contributed by atoms with E-state index >= 15 is 0 Å². The van der Waals surface area contributed by atoms with Crippen molar-refractivity contribution < 1.29 is 37.6 Å². The standard InChI is InChI=1S/C43H78NO8P/c1-3-5-7-9-11-13-15-16-17-18-19-20-21-22-23-24-26-27-29-31-33-35-42(45)49-39-41(40-51-53(47,48)50-38-37-44)52-43(46)36-34-32-30-28-25-14-12-10-8-6-4-2/h17-18,20-21,23-24,27,29,41H,3-16,19,22,25-26,28,30-40,44H2,1-2H3,(H,47,48)/b18-17+,21-20+,24-23+,29-27+/t41-/m0/s1. The van der Waals surface area contributed by atoms with Gasteiger partial charge in [0.1, 0.15) is 6.61 Å². The Hall–Kier alpha value is -2.03. The number of allylic oxidation sites excluding steroid dienone is 8. The van der Waals surface area contributed by atoms with Gasteiger partial charge >= 0.3 is 19.8 Å². The summed E-state index contributed by atoms with van der Waals surface area (Å²) in [6, 6.07) is 0. The summed E-state index contributed by atoms with van der Waals surface area (Å²) in [4.78, 5) is 34.7. The molecular formula is C43H78NO8P. The SMILES string of the molecule is CCCCCCCCC/C=C/C/C=C/C/C=C/C/C=C/CCCC(=O)OC[C@@H](COP(=O)(O)OCCN)OC(=O)CCCCCCCCCCCCC. The van der Waals surface area contributed by atoms with Crippen LogP contribution < -0.4 is 5.73 Å². The molecule has 0 aliphatic heterocycles. The molecule has 308 valence electrons. The van der Waals surface area contributed by atoms with Gasteiger partial charge in [0.25, 0.3) is 0 Å². The van der Waals surface area contributed by atoms with Gasteiger partial charge in [-0.05, 0) is 51.4 Å². The Labute approximate surface area is 324 Å². The molecule has 0 fully saturated rings. The van der Waals surface area contributed by atoms with Crippen LogP contribution in [0.25, 0.3) is 0 Å². The quantitative estimate of drug-likeness (QED) is 0.0271. The minimum atomic E-state index is -4.38. The van der Waals surface area contributed by atoms with E-state index in [4.69, 9.17) is 24.3 Å². The van der Waals surface area contributed by atoms with Gasteiger partial charge in [0.2, 0.25) is 0 Å². The second kappa shape index (κ2) is 39.7. The molecule has 0 spiro atoms. The maximum atomic E-state index is 12.5. The summed E-state index contributed by atoms with van der Waals surface area (Å²) in [5, 5.41) is 0. The molecule has 0 heterocycles. The van der Waals surface area contributed by atoms with Crippen molar-refractivity contribution in [3.63, 3.8) is 0 Å². The maximum Gasteiger partial charge on any atom is 0.472 e. The van der Waals surface area contributed by atoms with E-state index in [1.165, 1.54) is 96.3 Å². The van der Waals surface area contributed by atoms with Gasteiger partial charge in [-0.1, -0.05) is 165 Å². The number of phosphoric acid groups is 1. The second-order valence-electron chi connectivity index (χ2n) is 13.9. The highest BCUT2D eigenvalue weighted by molar-refractivity contribution is 7.47. The van der Waals surface area contributed by atoms with Crippen LogP contribution in [-0.4, -0.2) is 49.3 Å². The second-order valence-corrected chi connectivity index (χ2v) is 15.3. The highest BCUT2D eigenvalue weighted by atomic mass is 31.2. The molecule has 0 saturated heterocycles. The summed E-state index contributed by atoms with van der Waals surface area (Å²) in [5.74, 6) is -0.895. The number of ether oxygens (including phenoxy) is 2. The molecule has 0 amide bonds. The van der Waals surface area contributed by atoms with Gasteiger partial charge in [0.15, 0.2) is 6.10 Å². The fourth-order valence-corrected chi connectivity index (χ4v) is 6.33. The number of rotatable bonds is 39. The number of unbranched alkanes of at least 4 members (excludes halogenated alkanes) is 18. The molecular weight excluding hydrogens is 689 g/mol. The van der Waals surface area contributed by atoms with E-state index in [2.05, 4.69) is 62.5 Å². The smallest absolute Gasteiger partial charge is 0.462 e. The summed E-state index contributed by atoms with van der Waals surface area (Å²) in [7, 11) is -4.38. The normalized spacial score (nSPS) is 13.8. The number of phosphoric ester groups is 1. The van der Waals surface area contributed by atoms with Crippen molar-refractivity contribution in [1.82, 2.24) is 0 Å². The van der Waals surface area contributed by atoms with Crippen LogP contribution in [0.1, 0.15) is 181 Å². The van der Waals surface area contributed by atoms with Crippen LogP contribution in [0.3, 0.4) is 0 Å². The Balaban J connectivity index is 4.23. The van der Waals surface area contributed by atoms with Crippen LogP contribution >= 0.6 is 7.82 Å². The minimum Gasteiger partial charge on any atom is -0.462 e. The predicted octanol–water partition coefficient (Wildman–Crippen LogP) is 11.9. The Morgan fingerprint density at radius 2 is 1.00 bits per heavy atom. The molecule has 0 bridgehead atoms. The molecule has 0 aliphatic carbocycles. The molecule has 0 aromatic carbocycles. The monoisotopic (exact) mass is 768 g/mol. The molecule has 9 nitrogen and oxygen atoms in total. The Bertz CT molecular complexity index is 1010. The first kappa shape index (κ1) is 51.0. The van der Waals surface area contributed by atoms with Crippen molar-refractivity contribution in [2.24, 2.45) is 5.73 Å². The number of carbonyl (C=O) groups is 2. The van der Waals surface area contributed by atoms with Gasteiger partial charge in [-0.3, -0.25) is 18.6 Å². The van der Waals surface area contributed by atoms with Crippen LogP contribution in [-0.2, 0) is 32.7 Å². The van der Waals surface area contributed by atoms with Crippen LogP contribution in [0.2, 0.25) is 0 Å². The Kier molecular flexibility index (Phi) is 38.1. The predicted molar refractivity (Wildman–Crippen MR) is 220 cm³/mol. The lowest BCUT2D eigenvalue weighted by Crippen LogP contribution is -2.29. The van der Waals surface area contributed by atoms with Crippen molar-refractivity contribution in [2.75, 3.05) is 26.4 Å². The highest BCUT2D eigenvalue weighted by Crippen LogP contribution is 2.43. The molecule has 3 N–H and O–H groups in total. The Morgan fingerprint density at radius 3 is 1.51 bits per heavy atom. The van der Waals surface area contributed by atoms with Gasteiger partial charge < -0.3 is 20.1 Å². The van der Waals surface area contributed by atoms with Crippen molar-refractivity contribution in [2.45, 2.75) is 187 Å². The van der Waals surface area contributed by atoms with Crippen molar-refractivity contribution in [3.8, 4) is 0 Å². The summed E-state index contributed by atoms with van der Waals surface area (Å²) < 4.78 is 32.6. The largest absolute Gasteiger partial charge is 0.472 e. The molecule has 0 rings (SSSR count). The molecule has 0 aromatic heterocycles. The average Bonchev–Trinajstić information content (AvgIpc) is 3.14. The summed E-state index contributed by atoms with van der Waals surface area (Å²) >= 11 is 0. The van der Waals surface area contributed by atoms with Crippen LogP contribution in [0.15, 0.2) is 48.6 Å². The van der Waals surface area contributed by atoms with Crippen molar-refractivity contribution in [3.05, 3.63) is 48.6 Å². The summed E-state index contributed by atoms with van der Waals surface area (Å²) in [5.41, 5.74) is 5.33. The highest BCUT2D eigenvalue weighted by Gasteiger charge is 2.25. The van der Waals surface area contributed by atoms with Gasteiger partial charge in [-0.2, -0.15) is 0 Å². The zero-order chi connectivity index (χ0) is 38.9. The first-order chi connectivity index (χ1) is 25.8. The number of hydrogen-bond acceptors (Lipinski definition) is 8. The van der Waals surface area contributed by atoms with Gasteiger partial charge in [-0.15, -0.1) is 0 Å². The lowest BCUT2D eigenvalue weighted by molar-refractivity contribution is -0.161. The molecule has 53 heavy (non-hydrogen) atoms. The number of nitrogens with two attached hydrogens (primary N) is 1. The van der Waals surface area contributed by atoms with E-state index < -0.39 is 32.5 Å². The van der Waals surface area contributed by atoms with Crippen molar-refractivity contribution in [1.29, 1.82) is 0 Å². The molecule has 0 radical (unpaired) electrons.